The molecule has 0 saturated heterocycles. The Kier molecular flexibility index (Phi) is 6.18. The highest BCUT2D eigenvalue weighted by Crippen LogP contribution is 1.85. The van der Waals surface area contributed by atoms with Gasteiger partial charge in [0.1, 0.15) is 0 Å². The van der Waals surface area contributed by atoms with Crippen LogP contribution >= 0.6 is 0 Å². The van der Waals surface area contributed by atoms with Gasteiger partial charge in [-0.05, 0) is 6.58 Å². The zero-order valence-corrected chi connectivity index (χ0v) is 8.59. The van der Waals surface area contributed by atoms with E-state index in [4.69, 9.17) is 0 Å². The quantitative estimate of drug-likeness (QED) is 0.353. The molecule has 0 aromatic carbocycles. The van der Waals surface area contributed by atoms with E-state index in [1.165, 1.54) is 0 Å². The number of hydrogen-bond donors (Lipinski definition) is 0. The van der Waals surface area contributed by atoms with Crippen molar-refractivity contribution in [2.24, 2.45) is 0 Å². The lowest BCUT2D eigenvalue weighted by molar-refractivity contribution is -0.816. The van der Waals surface area contributed by atoms with Crippen molar-refractivity contribution in [1.29, 1.82) is 0 Å². The first-order valence-electron chi connectivity index (χ1n) is 3.08. The van der Waals surface area contributed by atoms with Gasteiger partial charge in [0, 0.05) is 0 Å². The summed E-state index contributed by atoms with van der Waals surface area (Å²) in [6.07, 6.45) is 1.88. The second-order valence-electron chi connectivity index (χ2n) is 2.87. The van der Waals surface area contributed by atoms with Crippen molar-refractivity contribution in [3.63, 3.8) is 0 Å². The van der Waals surface area contributed by atoms with Gasteiger partial charge in [0.05, 0.1) is 34.5 Å². The maximum Gasteiger partial charge on any atom is 0.217 e. The Morgan fingerprint density at radius 1 is 1.42 bits per heavy atom. The van der Waals surface area contributed by atoms with Crippen molar-refractivity contribution >= 4 is 10.4 Å². The summed E-state index contributed by atoms with van der Waals surface area (Å²) in [5.74, 6) is 0. The molecule has 0 amide bonds. The van der Waals surface area contributed by atoms with E-state index in [9.17, 15) is 13.0 Å². The third-order valence-electron chi connectivity index (χ3n) is 0.752. The molecule has 0 aliphatic rings. The molecule has 0 saturated carbocycles. The molecule has 6 heteroatoms. The molecule has 0 aliphatic heterocycles. The fourth-order valence-corrected chi connectivity index (χ4v) is 0. The fourth-order valence-electron chi connectivity index (χ4n) is 0. The predicted molar refractivity (Wildman–Crippen MR) is 44.9 cm³/mol. The first-order chi connectivity index (χ1) is 5.12. The summed E-state index contributed by atoms with van der Waals surface area (Å²) in [7, 11) is 2.58. The summed E-state index contributed by atoms with van der Waals surface area (Å²) in [5.41, 5.74) is 0. The molecule has 0 aromatic rings. The third kappa shape index (κ3) is 22.7. The highest BCUT2D eigenvalue weighted by Gasteiger charge is 1.94. The number of rotatable bonds is 2. The predicted octanol–water partition coefficient (Wildman–Crippen LogP) is -0.0709. The van der Waals surface area contributed by atoms with Crippen LogP contribution in [-0.2, 0) is 14.6 Å². The van der Waals surface area contributed by atoms with Crippen molar-refractivity contribution < 1.29 is 21.6 Å². The third-order valence-corrected chi connectivity index (χ3v) is 1.16. The molecular formula is C6H15NO4S. The molecule has 0 rings (SSSR count). The molecule has 0 heterocycles. The van der Waals surface area contributed by atoms with Crippen LogP contribution in [0, 0.1) is 0 Å². The van der Waals surface area contributed by atoms with Crippen LogP contribution < -0.4 is 0 Å². The van der Waals surface area contributed by atoms with Gasteiger partial charge in [-0.1, -0.05) is 0 Å². The van der Waals surface area contributed by atoms with Crippen LogP contribution in [0.15, 0.2) is 12.8 Å². The minimum Gasteiger partial charge on any atom is -0.726 e. The van der Waals surface area contributed by atoms with Crippen LogP contribution in [0.1, 0.15) is 0 Å². The SMILES string of the molecule is C=C[N+](C)(C)C.COS(=O)(=O)[O-]. The molecule has 0 atom stereocenters. The van der Waals surface area contributed by atoms with E-state index < -0.39 is 10.4 Å². The molecule has 0 unspecified atom stereocenters. The lowest BCUT2D eigenvalue weighted by atomic mass is 10.7. The Hall–Kier alpha value is -0.430. The topological polar surface area (TPSA) is 66.4 Å². The molecule has 74 valence electrons. The maximum absolute atomic E-state index is 9.22. The molecule has 0 spiro atoms. The highest BCUT2D eigenvalue weighted by molar-refractivity contribution is 7.80. The van der Waals surface area contributed by atoms with Gasteiger partial charge in [0.2, 0.25) is 10.4 Å². The Morgan fingerprint density at radius 2 is 1.58 bits per heavy atom. The molecule has 5 nitrogen and oxygen atoms in total. The lowest BCUT2D eigenvalue weighted by Crippen LogP contribution is -2.25. The molecule has 0 bridgehead atoms. The summed E-state index contributed by atoms with van der Waals surface area (Å²) in [5, 5.41) is 0. The van der Waals surface area contributed by atoms with E-state index in [1.807, 2.05) is 6.20 Å². The smallest absolute Gasteiger partial charge is 0.217 e. The molecule has 0 radical (unpaired) electrons. The van der Waals surface area contributed by atoms with Crippen LogP contribution in [0.25, 0.3) is 0 Å². The summed E-state index contributed by atoms with van der Waals surface area (Å²) in [6.45, 7) is 3.60. The standard InChI is InChI=1S/C5H12N.CH4O4S/c2*1-5-6(2,3)4/h5H,1H2,2-4H3;1H3,(H,2,3,4)/q+1;/p-1. The monoisotopic (exact) mass is 197 g/mol. The summed E-state index contributed by atoms with van der Waals surface area (Å²) in [4.78, 5) is 0. The second-order valence-corrected chi connectivity index (χ2v) is 4.02. The van der Waals surface area contributed by atoms with Crippen LogP contribution in [0.2, 0.25) is 0 Å². The Bertz CT molecular complexity index is 214. The largest absolute Gasteiger partial charge is 0.726 e. The number of hydrogen-bond acceptors (Lipinski definition) is 4. The van der Waals surface area contributed by atoms with Gasteiger partial charge in [-0.25, -0.2) is 8.42 Å². The zero-order valence-electron chi connectivity index (χ0n) is 7.77. The first kappa shape index (κ1) is 14.1. The van der Waals surface area contributed by atoms with E-state index in [0.29, 0.717) is 0 Å². The van der Waals surface area contributed by atoms with Crippen LogP contribution in [0.3, 0.4) is 0 Å². The number of quaternary nitrogens is 1. The van der Waals surface area contributed by atoms with Crippen molar-refractivity contribution in [3.8, 4) is 0 Å². The minimum atomic E-state index is -4.41. The second kappa shape index (κ2) is 5.26. The minimum absolute atomic E-state index is 0.808. The lowest BCUT2D eigenvalue weighted by Gasteiger charge is -2.15. The average molecular weight is 197 g/mol. The van der Waals surface area contributed by atoms with E-state index in [1.54, 1.807) is 0 Å². The van der Waals surface area contributed by atoms with Gasteiger partial charge >= 0.3 is 0 Å². The fraction of sp³-hybridized carbons (Fsp3) is 0.667. The molecule has 0 aromatic heterocycles. The summed E-state index contributed by atoms with van der Waals surface area (Å²) in [6, 6.07) is 0. The van der Waals surface area contributed by atoms with Crippen molar-refractivity contribution in [2.45, 2.75) is 0 Å². The molecule has 0 aliphatic carbocycles. The summed E-state index contributed by atoms with van der Waals surface area (Å²) < 4.78 is 31.9. The Morgan fingerprint density at radius 3 is 1.58 bits per heavy atom. The van der Waals surface area contributed by atoms with Crippen molar-refractivity contribution in [2.75, 3.05) is 28.3 Å². The molecule has 12 heavy (non-hydrogen) atoms. The first-order valence-corrected chi connectivity index (χ1v) is 4.42. The molecular weight excluding hydrogens is 182 g/mol. The molecule has 0 N–H and O–H groups in total. The van der Waals surface area contributed by atoms with Crippen molar-refractivity contribution in [1.82, 2.24) is 0 Å². The van der Waals surface area contributed by atoms with Gasteiger partial charge in [-0.3, -0.25) is 4.18 Å². The van der Waals surface area contributed by atoms with Crippen molar-refractivity contribution in [3.05, 3.63) is 12.8 Å². The van der Waals surface area contributed by atoms with Gasteiger partial charge < -0.3 is 9.04 Å². The van der Waals surface area contributed by atoms with E-state index in [-0.39, 0.29) is 0 Å². The zero-order chi connectivity index (χ0) is 10.4. The molecule has 0 fully saturated rings. The van der Waals surface area contributed by atoms with Gasteiger partial charge in [-0.15, -0.1) is 0 Å². The maximum atomic E-state index is 9.22. The van der Waals surface area contributed by atoms with Crippen LogP contribution in [0.4, 0.5) is 0 Å². The Balaban J connectivity index is 0. The highest BCUT2D eigenvalue weighted by atomic mass is 32.3. The van der Waals surface area contributed by atoms with Crippen LogP contribution in [0.5, 0.6) is 0 Å². The van der Waals surface area contributed by atoms with Gasteiger partial charge in [0.25, 0.3) is 0 Å². The average Bonchev–Trinajstić information content (AvgIpc) is 1.86. The summed E-state index contributed by atoms with van der Waals surface area (Å²) >= 11 is 0. The Labute approximate surface area is 73.8 Å². The van der Waals surface area contributed by atoms with Crippen LogP contribution in [-0.4, -0.2) is 45.7 Å². The number of nitrogens with zero attached hydrogens (tertiary/aromatic N) is 1. The van der Waals surface area contributed by atoms with Gasteiger partial charge in [0.15, 0.2) is 0 Å². The van der Waals surface area contributed by atoms with E-state index >= 15 is 0 Å². The van der Waals surface area contributed by atoms with E-state index in [0.717, 1.165) is 11.6 Å². The van der Waals surface area contributed by atoms with Gasteiger partial charge in [-0.2, -0.15) is 0 Å². The normalized spacial score (nSPS) is 11.4. The van der Waals surface area contributed by atoms with E-state index in [2.05, 4.69) is 31.9 Å².